The molecule has 17 atom stereocenters. The van der Waals surface area contributed by atoms with Crippen molar-refractivity contribution in [2.75, 3.05) is 7.11 Å². The van der Waals surface area contributed by atoms with Crippen molar-refractivity contribution in [3.05, 3.63) is 24.2 Å². The van der Waals surface area contributed by atoms with Gasteiger partial charge in [-0.1, -0.05) is 34.6 Å². The van der Waals surface area contributed by atoms with Crippen LogP contribution in [0.15, 0.2) is 23.0 Å². The number of rotatable bonds is 9. The van der Waals surface area contributed by atoms with E-state index < -0.39 is 141 Å². The summed E-state index contributed by atoms with van der Waals surface area (Å²) in [4.78, 5) is 70.0. The summed E-state index contributed by atoms with van der Waals surface area (Å²) >= 11 is 0. The fourth-order valence-electron chi connectivity index (χ4n) is 13.6. The largest absolute Gasteiger partial charge is 0.472 e. The number of furan rings is 1. The van der Waals surface area contributed by atoms with Crippen molar-refractivity contribution in [2.45, 2.75) is 165 Å². The lowest BCUT2D eigenvalue weighted by Crippen LogP contribution is -2.99. The maximum atomic E-state index is 14.2. The van der Waals surface area contributed by atoms with E-state index in [2.05, 4.69) is 0 Å². The molecule has 0 aromatic carbocycles. The van der Waals surface area contributed by atoms with Crippen LogP contribution in [-0.2, 0) is 66.6 Å². The van der Waals surface area contributed by atoms with Crippen molar-refractivity contribution in [2.24, 2.45) is 28.1 Å². The Morgan fingerprint density at radius 1 is 0.983 bits per heavy atom. The zero-order valence-electron chi connectivity index (χ0n) is 34.3. The Labute approximate surface area is 334 Å². The van der Waals surface area contributed by atoms with E-state index in [0.29, 0.717) is 12.0 Å². The number of esters is 5. The van der Waals surface area contributed by atoms with Gasteiger partial charge in [-0.05, 0) is 45.1 Å². The molecule has 4 saturated carbocycles. The van der Waals surface area contributed by atoms with E-state index in [1.54, 1.807) is 40.7 Å². The Morgan fingerprint density at radius 3 is 2.24 bits per heavy atom. The highest BCUT2D eigenvalue weighted by atomic mass is 17.0. The van der Waals surface area contributed by atoms with Gasteiger partial charge in [-0.2, -0.15) is 0 Å². The van der Waals surface area contributed by atoms with Crippen molar-refractivity contribution < 1.29 is 81.2 Å². The third-order valence-electron chi connectivity index (χ3n) is 16.4. The zero-order valence-corrected chi connectivity index (χ0v) is 34.3. The van der Waals surface area contributed by atoms with Crippen LogP contribution in [0.25, 0.3) is 0 Å². The molecular weight excluding hydrogens is 764 g/mol. The first-order valence-electron chi connectivity index (χ1n) is 20.0. The lowest BCUT2D eigenvalue weighted by molar-refractivity contribution is -0.479. The molecule has 8 aliphatic rings. The zero-order chi connectivity index (χ0) is 42.2. The van der Waals surface area contributed by atoms with Crippen molar-refractivity contribution >= 4 is 29.8 Å². The minimum Gasteiger partial charge on any atom is -0.472 e. The van der Waals surface area contributed by atoms with Crippen LogP contribution in [0.5, 0.6) is 0 Å². The Bertz CT molecular complexity index is 2020. The third-order valence-corrected chi connectivity index (χ3v) is 16.4. The first kappa shape index (κ1) is 39.8. The number of hydrogen-bond donors (Lipinski definition) is 2. The molecule has 58 heavy (non-hydrogen) atoms. The number of ether oxygens (including phenoxy) is 9. The molecule has 2 spiro atoms. The Kier molecular flexibility index (Phi) is 7.83. The predicted molar refractivity (Wildman–Crippen MR) is 189 cm³/mol. The van der Waals surface area contributed by atoms with Gasteiger partial charge in [0.05, 0.1) is 38.1 Å². The van der Waals surface area contributed by atoms with E-state index >= 15 is 0 Å². The topological polar surface area (TPSA) is 225 Å². The van der Waals surface area contributed by atoms with Crippen molar-refractivity contribution in [3.63, 3.8) is 0 Å². The normalized spacial score (nSPS) is 52.9. The molecule has 17 nitrogen and oxygen atoms in total. The van der Waals surface area contributed by atoms with E-state index in [1.165, 1.54) is 33.5 Å². The molecular formula is C41H52O17. The summed E-state index contributed by atoms with van der Waals surface area (Å²) in [6.07, 6.45) is -5.16. The SMILES string of the molecule is CCC(C)C(=O)O[C@@H]1C[C@@]2(C)C(c3ccoc3)OC(=O)CC23OC2(C)O[C@@]14[C@@]1(C)C(CC(=O)OC)C5(C)CC1(O)[C@@](O)(C5OC(=O)C1(C)OC1C)C(OC(C)=O)[C@@]34O2. The fourth-order valence-corrected chi connectivity index (χ4v) is 13.6. The first-order valence-corrected chi connectivity index (χ1v) is 20.0. The standard InChI is InChI=1S/C41H52O17/c1-11-19(2)28(45)52-24-15-33(6)27(22-12-13-50-17-22)53-26(44)16-38(33)41-30(51-21(4)42)39(48)29(54-31(46)34(7)20(3)55-34)32(5)18-37(39,47)35(8,23(32)14-25(43)49-10)40(24,41)57-36(9,56-38)58-41/h12-13,17,19-20,23-24,27,29-30,47-48H,11,14-16,18H2,1-10H3/t19?,20?,23?,24-,27?,29?,30?,32?,33+,34?,35+,36?,37?,38?,39-,40-,41-/m1/s1. The predicted octanol–water partition coefficient (Wildman–Crippen LogP) is 2.71. The van der Waals surface area contributed by atoms with E-state index in [1.807, 2.05) is 6.92 Å². The molecule has 17 heteroatoms. The lowest BCUT2D eigenvalue weighted by atomic mass is 9.31. The van der Waals surface area contributed by atoms with Crippen LogP contribution in [0.4, 0.5) is 0 Å². The summed E-state index contributed by atoms with van der Waals surface area (Å²) in [5.74, 6) is -7.76. The van der Waals surface area contributed by atoms with Crippen molar-refractivity contribution in [3.8, 4) is 0 Å². The van der Waals surface area contributed by atoms with Gasteiger partial charge in [0.25, 0.3) is 5.97 Å². The van der Waals surface area contributed by atoms with Crippen LogP contribution in [0.2, 0.25) is 0 Å². The molecule has 2 N–H and O–H groups in total. The van der Waals surface area contributed by atoms with Gasteiger partial charge in [0, 0.05) is 42.1 Å². The molecule has 4 saturated heterocycles. The number of fused-ring (bicyclic) bond motifs is 2. The highest BCUT2D eigenvalue weighted by molar-refractivity contribution is 5.83. The quantitative estimate of drug-likeness (QED) is 0.208. The van der Waals surface area contributed by atoms with Crippen LogP contribution in [0.1, 0.15) is 106 Å². The van der Waals surface area contributed by atoms with Crippen LogP contribution < -0.4 is 0 Å². The summed E-state index contributed by atoms with van der Waals surface area (Å²) in [6.45, 7) is 14.3. The molecule has 1 aromatic rings. The smallest absolute Gasteiger partial charge is 0.341 e. The van der Waals surface area contributed by atoms with Gasteiger partial charge in [-0.15, -0.1) is 0 Å². The van der Waals surface area contributed by atoms with Gasteiger partial charge in [-0.3, -0.25) is 19.2 Å². The van der Waals surface area contributed by atoms with Crippen molar-refractivity contribution in [1.82, 2.24) is 0 Å². The third kappa shape index (κ3) is 3.98. The summed E-state index contributed by atoms with van der Waals surface area (Å²) in [6, 6.07) is 1.62. The van der Waals surface area contributed by atoms with Gasteiger partial charge in [0.1, 0.15) is 29.5 Å². The molecule has 4 aliphatic heterocycles. The summed E-state index contributed by atoms with van der Waals surface area (Å²) in [7, 11) is 1.21. The summed E-state index contributed by atoms with van der Waals surface area (Å²) in [5.41, 5.74) is -17.7. The van der Waals surface area contributed by atoms with Crippen LogP contribution >= 0.6 is 0 Å². The maximum absolute atomic E-state index is 14.2. The number of methoxy groups -OCH3 is 1. The molecule has 0 amide bonds. The second-order valence-corrected chi connectivity index (χ2v) is 19.0. The average Bonchev–Trinajstić information content (AvgIpc) is 3.60. The second-order valence-electron chi connectivity index (χ2n) is 19.0. The number of cyclic esters (lactones) is 1. The van der Waals surface area contributed by atoms with Crippen molar-refractivity contribution in [1.29, 1.82) is 0 Å². The van der Waals surface area contributed by atoms with Crippen LogP contribution in [-0.4, -0.2) is 111 Å². The Balaban J connectivity index is 1.40. The first-order chi connectivity index (χ1) is 26.9. The van der Waals surface area contributed by atoms with Crippen LogP contribution in [0.3, 0.4) is 0 Å². The monoisotopic (exact) mass is 816 g/mol. The maximum Gasteiger partial charge on any atom is 0.341 e. The van der Waals surface area contributed by atoms with Gasteiger partial charge in [0.15, 0.2) is 28.5 Å². The molecule has 5 heterocycles. The average molecular weight is 817 g/mol. The summed E-state index contributed by atoms with van der Waals surface area (Å²) < 4.78 is 63.0. The number of hydrogen-bond acceptors (Lipinski definition) is 17. The number of epoxide rings is 1. The minimum atomic E-state index is -2.78. The van der Waals surface area contributed by atoms with Crippen LogP contribution in [0, 0.1) is 28.1 Å². The molecule has 1 aromatic heterocycles. The highest BCUT2D eigenvalue weighted by Crippen LogP contribution is 2.89. The second kappa shape index (κ2) is 11.4. The highest BCUT2D eigenvalue weighted by Gasteiger charge is 3.07. The number of carbonyl (C=O) groups is 5. The Hall–Kier alpha value is -3.61. The lowest BCUT2D eigenvalue weighted by Gasteiger charge is -2.79. The molecule has 4 bridgehead atoms. The summed E-state index contributed by atoms with van der Waals surface area (Å²) in [5, 5.41) is 27.8. The minimum absolute atomic E-state index is 0.149. The molecule has 318 valence electrons. The molecule has 0 radical (unpaired) electrons. The molecule has 8 fully saturated rings. The van der Waals surface area contributed by atoms with Gasteiger partial charge in [0.2, 0.25) is 0 Å². The van der Waals surface area contributed by atoms with E-state index in [9.17, 15) is 34.2 Å². The van der Waals surface area contributed by atoms with Gasteiger partial charge >= 0.3 is 29.8 Å². The number of aliphatic hydroxyl groups is 2. The number of carbonyl (C=O) groups excluding carboxylic acids is 5. The van der Waals surface area contributed by atoms with Gasteiger partial charge < -0.3 is 57.3 Å². The molecule has 9 rings (SSSR count). The van der Waals surface area contributed by atoms with E-state index in [0.717, 1.165) is 6.92 Å². The molecule has 11 unspecified atom stereocenters. The van der Waals surface area contributed by atoms with Gasteiger partial charge in [-0.25, -0.2) is 4.79 Å². The fraction of sp³-hybridized carbons (Fsp3) is 0.780. The van der Waals surface area contributed by atoms with E-state index in [-0.39, 0.29) is 12.8 Å². The Morgan fingerprint density at radius 2 is 1.66 bits per heavy atom. The molecule has 4 aliphatic carbocycles. The van der Waals surface area contributed by atoms with E-state index in [4.69, 9.17) is 47.0 Å².